The zero-order valence-electron chi connectivity index (χ0n) is 5.66. The standard InChI is InChI=1S/C8H9NO/c1-2-4-8-7(3-1)9-5-6-10-8/h1-2,5-6,8H,3-4H2/q+1. The van der Waals surface area contributed by atoms with Gasteiger partial charge in [-0.3, -0.25) is 0 Å². The molecule has 0 amide bonds. The zero-order chi connectivity index (χ0) is 6.81. The molecule has 1 atom stereocenters. The predicted octanol–water partition coefficient (Wildman–Crippen LogP) is 0.983. The molecule has 1 unspecified atom stereocenters. The van der Waals surface area contributed by atoms with Crippen LogP contribution < -0.4 is 4.99 Å². The fourth-order valence-corrected chi connectivity index (χ4v) is 1.22. The molecule has 10 heavy (non-hydrogen) atoms. The van der Waals surface area contributed by atoms with Crippen LogP contribution in [0, 0.1) is 0 Å². The molecule has 0 aromatic rings. The van der Waals surface area contributed by atoms with Gasteiger partial charge in [-0.25, -0.2) is 0 Å². The highest BCUT2D eigenvalue weighted by atomic mass is 16.5. The summed E-state index contributed by atoms with van der Waals surface area (Å²) in [6, 6.07) is 0. The summed E-state index contributed by atoms with van der Waals surface area (Å²) in [6.07, 6.45) is 9.81. The maximum absolute atomic E-state index is 5.32. The molecule has 0 saturated heterocycles. The molecule has 0 saturated carbocycles. The number of ether oxygens (including phenoxy) is 1. The first-order chi connectivity index (χ1) is 4.97. The SMILES string of the molecule is C1=CCC2OC=C[N+]=C2C1. The first kappa shape index (κ1) is 5.71. The van der Waals surface area contributed by atoms with E-state index < -0.39 is 0 Å². The quantitative estimate of drug-likeness (QED) is 0.454. The lowest BCUT2D eigenvalue weighted by atomic mass is 10.0. The third-order valence-electron chi connectivity index (χ3n) is 1.76. The van der Waals surface area contributed by atoms with Crippen molar-refractivity contribution in [2.45, 2.75) is 18.9 Å². The van der Waals surface area contributed by atoms with Crippen molar-refractivity contribution in [3.05, 3.63) is 24.6 Å². The lowest BCUT2D eigenvalue weighted by Gasteiger charge is -2.14. The van der Waals surface area contributed by atoms with Crippen LogP contribution in [0.5, 0.6) is 0 Å². The molecule has 0 fully saturated rings. The van der Waals surface area contributed by atoms with E-state index in [1.54, 1.807) is 12.5 Å². The molecule has 0 N–H and O–H groups in total. The van der Waals surface area contributed by atoms with E-state index in [-0.39, 0.29) is 6.10 Å². The first-order valence-electron chi connectivity index (χ1n) is 3.49. The van der Waals surface area contributed by atoms with Crippen LogP contribution in [-0.4, -0.2) is 11.8 Å². The molecule has 2 rings (SSSR count). The average Bonchev–Trinajstić information content (AvgIpc) is 2.05. The summed E-state index contributed by atoms with van der Waals surface area (Å²) in [7, 11) is 0. The van der Waals surface area contributed by atoms with Crippen molar-refractivity contribution in [2.75, 3.05) is 0 Å². The van der Waals surface area contributed by atoms with E-state index in [1.807, 2.05) is 0 Å². The highest BCUT2D eigenvalue weighted by Crippen LogP contribution is 2.12. The Labute approximate surface area is 59.9 Å². The van der Waals surface area contributed by atoms with Gasteiger partial charge in [0.1, 0.15) is 0 Å². The van der Waals surface area contributed by atoms with Gasteiger partial charge in [-0.15, -0.1) is 0 Å². The van der Waals surface area contributed by atoms with E-state index >= 15 is 0 Å². The second-order valence-electron chi connectivity index (χ2n) is 2.44. The van der Waals surface area contributed by atoms with Crippen LogP contribution in [0.25, 0.3) is 0 Å². The molecule has 51 valence electrons. The monoisotopic (exact) mass is 135 g/mol. The number of rotatable bonds is 0. The third kappa shape index (κ3) is 0.856. The number of aliphatic imine (C=N–C) groups is 1. The van der Waals surface area contributed by atoms with E-state index in [1.165, 1.54) is 0 Å². The molecular formula is C8H9NO+. The Morgan fingerprint density at radius 3 is 3.40 bits per heavy atom. The lowest BCUT2D eigenvalue weighted by molar-refractivity contribution is 0.195. The van der Waals surface area contributed by atoms with E-state index in [2.05, 4.69) is 17.1 Å². The second kappa shape index (κ2) is 2.29. The Bertz CT molecular complexity index is 215. The summed E-state index contributed by atoms with van der Waals surface area (Å²) in [5.41, 5.74) is 1.16. The average molecular weight is 135 g/mol. The molecule has 1 aliphatic carbocycles. The molecule has 2 nitrogen and oxygen atoms in total. The van der Waals surface area contributed by atoms with Crippen LogP contribution in [0.4, 0.5) is 0 Å². The van der Waals surface area contributed by atoms with Gasteiger partial charge < -0.3 is 4.74 Å². The van der Waals surface area contributed by atoms with Gasteiger partial charge in [-0.05, 0) is 0 Å². The van der Waals surface area contributed by atoms with Crippen LogP contribution in [0.2, 0.25) is 0 Å². The van der Waals surface area contributed by atoms with E-state index in [9.17, 15) is 0 Å². The molecule has 1 heterocycles. The molecule has 0 bridgehead atoms. The van der Waals surface area contributed by atoms with Crippen LogP contribution in [0.3, 0.4) is 0 Å². The van der Waals surface area contributed by atoms with Gasteiger partial charge in [0.05, 0.1) is 11.4 Å². The van der Waals surface area contributed by atoms with E-state index in [0.717, 1.165) is 18.6 Å². The van der Waals surface area contributed by atoms with Crippen LogP contribution in [0.1, 0.15) is 12.8 Å². The Morgan fingerprint density at radius 2 is 2.50 bits per heavy atom. The molecule has 2 aliphatic rings. The summed E-state index contributed by atoms with van der Waals surface area (Å²) in [5, 5.41) is 0. The number of hydrogen-bond donors (Lipinski definition) is 0. The van der Waals surface area contributed by atoms with Crippen molar-refractivity contribution >= 4 is 5.71 Å². The molecule has 1 radical (unpaired) electrons. The van der Waals surface area contributed by atoms with Gasteiger partial charge in [-0.1, -0.05) is 12.2 Å². The van der Waals surface area contributed by atoms with Crippen molar-refractivity contribution in [1.82, 2.24) is 4.99 Å². The van der Waals surface area contributed by atoms with Gasteiger partial charge in [0.2, 0.25) is 0 Å². The van der Waals surface area contributed by atoms with Crippen molar-refractivity contribution < 1.29 is 4.74 Å². The van der Waals surface area contributed by atoms with Gasteiger partial charge in [0, 0.05) is 6.42 Å². The normalized spacial score (nSPS) is 28.8. The van der Waals surface area contributed by atoms with E-state index in [0.29, 0.717) is 0 Å². The highest BCUT2D eigenvalue weighted by molar-refractivity contribution is 5.90. The number of allylic oxidation sites excluding steroid dienone is 1. The van der Waals surface area contributed by atoms with Crippen LogP contribution in [0.15, 0.2) is 24.6 Å². The first-order valence-corrected chi connectivity index (χ1v) is 3.49. The molecule has 1 aliphatic heterocycles. The van der Waals surface area contributed by atoms with Crippen molar-refractivity contribution in [1.29, 1.82) is 0 Å². The molecule has 2 heteroatoms. The Morgan fingerprint density at radius 1 is 1.50 bits per heavy atom. The fourth-order valence-electron chi connectivity index (χ4n) is 1.22. The molecule has 0 aromatic carbocycles. The van der Waals surface area contributed by atoms with Crippen molar-refractivity contribution in [2.24, 2.45) is 0 Å². The van der Waals surface area contributed by atoms with Gasteiger partial charge in [0.25, 0.3) is 11.9 Å². The van der Waals surface area contributed by atoms with E-state index in [4.69, 9.17) is 4.74 Å². The topological polar surface area (TPSA) is 23.3 Å². The van der Waals surface area contributed by atoms with Crippen LogP contribution in [-0.2, 0) is 4.74 Å². The molecule has 0 spiro atoms. The maximum Gasteiger partial charge on any atom is 0.276 e. The Kier molecular flexibility index (Phi) is 1.31. The zero-order valence-corrected chi connectivity index (χ0v) is 5.66. The number of fused-ring (bicyclic) bond motifs is 1. The van der Waals surface area contributed by atoms with Crippen molar-refractivity contribution in [3.63, 3.8) is 0 Å². The second-order valence-corrected chi connectivity index (χ2v) is 2.44. The lowest BCUT2D eigenvalue weighted by Crippen LogP contribution is -2.29. The van der Waals surface area contributed by atoms with Crippen molar-refractivity contribution in [3.8, 4) is 0 Å². The van der Waals surface area contributed by atoms with Crippen LogP contribution >= 0.6 is 0 Å². The highest BCUT2D eigenvalue weighted by Gasteiger charge is 2.27. The smallest absolute Gasteiger partial charge is 0.276 e. The number of nitrogens with zero attached hydrogens (tertiary/aromatic N) is 1. The minimum Gasteiger partial charge on any atom is -0.480 e. The number of hydrogen-bond acceptors (Lipinski definition) is 2. The van der Waals surface area contributed by atoms with Gasteiger partial charge in [0.15, 0.2) is 12.4 Å². The summed E-state index contributed by atoms with van der Waals surface area (Å²) in [5.74, 6) is 0. The maximum atomic E-state index is 5.32. The Balaban J connectivity index is 2.23. The summed E-state index contributed by atoms with van der Waals surface area (Å²) in [6.45, 7) is 0. The Hall–Kier alpha value is -1.05. The molecule has 0 aromatic heterocycles. The summed E-state index contributed by atoms with van der Waals surface area (Å²) < 4.78 is 5.32. The third-order valence-corrected chi connectivity index (χ3v) is 1.76. The molecular weight excluding hydrogens is 126 g/mol. The fraction of sp³-hybridized carbons (Fsp3) is 0.375. The largest absolute Gasteiger partial charge is 0.480 e. The van der Waals surface area contributed by atoms with Gasteiger partial charge in [-0.2, -0.15) is 0 Å². The van der Waals surface area contributed by atoms with Gasteiger partial charge >= 0.3 is 0 Å². The summed E-state index contributed by atoms with van der Waals surface area (Å²) in [4.78, 5) is 4.21. The summed E-state index contributed by atoms with van der Waals surface area (Å²) >= 11 is 0. The minimum absolute atomic E-state index is 0.231. The minimum atomic E-state index is 0.231. The predicted molar refractivity (Wildman–Crippen MR) is 39.5 cm³/mol.